The topological polar surface area (TPSA) is 63.2 Å². The van der Waals surface area contributed by atoms with Gasteiger partial charge in [-0.1, -0.05) is 0 Å². The number of carbonyl (C=O) groups is 1. The Kier molecular flexibility index (Phi) is 51.4. The molecule has 0 radical (unpaired) electrons. The quantitative estimate of drug-likeness (QED) is 0.314. The van der Waals surface area contributed by atoms with Crippen molar-refractivity contribution in [2.75, 3.05) is 0 Å². The van der Waals surface area contributed by atoms with E-state index in [-0.39, 0.29) is 86.2 Å². The van der Waals surface area contributed by atoms with Crippen molar-refractivity contribution < 1.29 is 15.0 Å². The van der Waals surface area contributed by atoms with Crippen LogP contribution >= 0.6 is 0 Å². The zero-order chi connectivity index (χ0) is 3.58. The third kappa shape index (κ3) is 67.4. The van der Waals surface area contributed by atoms with Gasteiger partial charge in [0, 0.05) is 0 Å². The van der Waals surface area contributed by atoms with Crippen molar-refractivity contribution in [1.82, 2.24) is 0 Å². The zero-order valence-electron chi connectivity index (χ0n) is 2.43. The molecule has 0 aliphatic rings. The maximum absolute atomic E-state index is 8.33. The van der Waals surface area contributed by atoms with Crippen LogP contribution in [0.1, 0.15) is 0 Å². The molecule has 0 aromatic carbocycles. The van der Waals surface area contributed by atoms with E-state index in [0.717, 1.165) is 0 Å². The fourth-order valence-corrected chi connectivity index (χ4v) is 0. The molecule has 0 fully saturated rings. The fraction of sp³-hybridized carbons (Fsp3) is 0. The molecule has 0 aromatic rings. The summed E-state index contributed by atoms with van der Waals surface area (Å²) in [5.41, 5.74) is 0. The summed E-state index contributed by atoms with van der Waals surface area (Å²) in [7, 11) is 0. The molecular weight excluding hydrogens is 130 g/mol. The average molecular weight is 132 g/mol. The molecule has 0 spiro atoms. The minimum absolute atomic E-state index is 0. The molecule has 0 aliphatic heterocycles. The van der Waals surface area contributed by atoms with Crippen LogP contribution in [0.2, 0.25) is 0 Å². The van der Waals surface area contributed by atoms with Crippen molar-refractivity contribution in [2.24, 2.45) is 0 Å². The Morgan fingerprint density at radius 2 is 1.29 bits per heavy atom. The molecule has 0 heterocycles. The van der Waals surface area contributed by atoms with E-state index in [1.807, 2.05) is 0 Å². The second-order valence-corrected chi connectivity index (χ2v) is 0.250. The summed E-state index contributed by atoms with van der Waals surface area (Å²) in [6.45, 7) is 0. The van der Waals surface area contributed by atoms with E-state index in [1.165, 1.54) is 0 Å². The summed E-state index contributed by atoms with van der Waals surface area (Å²) in [6.07, 6.45) is -2.33. The number of carbonyl (C=O) groups excluding carboxylic acids is 1. The second-order valence-electron chi connectivity index (χ2n) is 0.250. The van der Waals surface area contributed by atoms with Crippen LogP contribution in [0.5, 0.6) is 0 Å². The summed E-state index contributed by atoms with van der Waals surface area (Å²) in [4.78, 5) is 8.33. The Balaban J connectivity index is -0.0000000150. The fourth-order valence-electron chi connectivity index (χ4n) is 0. The first-order chi connectivity index (χ1) is 1.73. The molecule has 3 nitrogen and oxygen atoms in total. The molecule has 0 saturated carbocycles. The monoisotopic (exact) mass is 132 g/mol. The van der Waals surface area contributed by atoms with Gasteiger partial charge in [0.05, 0.1) is 0 Å². The molecule has 0 N–H and O–H groups in total. The van der Waals surface area contributed by atoms with Crippen molar-refractivity contribution in [3.8, 4) is 0 Å². The van der Waals surface area contributed by atoms with Crippen LogP contribution in [0, 0.1) is 0 Å². The van der Waals surface area contributed by atoms with Crippen LogP contribution in [0.15, 0.2) is 0 Å². The van der Waals surface area contributed by atoms with Crippen molar-refractivity contribution in [3.05, 3.63) is 0 Å². The Labute approximate surface area is 105 Å². The number of rotatable bonds is 0. The summed E-state index contributed by atoms with van der Waals surface area (Å²) in [5, 5.41) is 16.7. The number of hydrogen-bond donors (Lipinski definition) is 0. The van der Waals surface area contributed by atoms with E-state index >= 15 is 0 Å². The molecule has 0 aromatic heterocycles. The van der Waals surface area contributed by atoms with Crippen LogP contribution in [0.25, 0.3) is 0 Å². The molecule has 0 bridgehead atoms. The zero-order valence-corrected chi connectivity index (χ0v) is 4.64. The van der Waals surface area contributed by atoms with E-state index in [9.17, 15) is 0 Å². The van der Waals surface area contributed by atoms with E-state index in [2.05, 4.69) is 0 Å². The van der Waals surface area contributed by atoms with Gasteiger partial charge >= 0.3 is 86.2 Å². The van der Waals surface area contributed by atoms with Crippen molar-refractivity contribution >= 4 is 92.3 Å². The van der Waals surface area contributed by atoms with Crippen LogP contribution in [-0.2, 0) is 0 Å². The Hall–Kier alpha value is 2.13. The first-order valence-corrected chi connectivity index (χ1v) is 0.612. The number of carboxylic acid groups (broad SMARTS) is 2. The van der Waals surface area contributed by atoms with Gasteiger partial charge < -0.3 is 15.0 Å². The van der Waals surface area contributed by atoms with Crippen molar-refractivity contribution in [2.45, 2.75) is 0 Å². The predicted octanol–water partition coefficient (Wildman–Crippen LogP) is -4.12. The molecule has 0 aliphatic carbocycles. The van der Waals surface area contributed by atoms with Crippen LogP contribution in [0.3, 0.4) is 0 Å². The SMILES string of the molecule is O=C([O-])[O-].[Ca+2].[LiH].[NaH]. The van der Waals surface area contributed by atoms with Gasteiger partial charge in [0.25, 0.3) is 0 Å². The standard InChI is InChI=1S/CH2O3.Ca.Li.Na.2H/c2-1(3)4;;;;;/h(H2,2,3,4);;;;;/q;+2;;;;/p-2. The Bertz CT molecular complexity index is 37.9. The van der Waals surface area contributed by atoms with Gasteiger partial charge in [-0.2, -0.15) is 0 Å². The summed E-state index contributed by atoms with van der Waals surface area (Å²) in [5.74, 6) is 0. The van der Waals surface area contributed by atoms with E-state index in [0.29, 0.717) is 0 Å². The molecule has 7 heavy (non-hydrogen) atoms. The number of hydrogen-bond acceptors (Lipinski definition) is 3. The molecule has 0 unspecified atom stereocenters. The summed E-state index contributed by atoms with van der Waals surface area (Å²) >= 11 is 0. The summed E-state index contributed by atoms with van der Waals surface area (Å²) < 4.78 is 0. The Morgan fingerprint density at radius 1 is 1.29 bits per heavy atom. The third-order valence-electron chi connectivity index (χ3n) is 0. The predicted molar refractivity (Wildman–Crippen MR) is 25.4 cm³/mol. The molecule has 0 atom stereocenters. The first kappa shape index (κ1) is 22.9. The summed E-state index contributed by atoms with van der Waals surface area (Å²) in [6, 6.07) is 0. The van der Waals surface area contributed by atoms with Crippen LogP contribution < -0.4 is 10.2 Å². The van der Waals surface area contributed by atoms with Gasteiger partial charge in [0.1, 0.15) is 0 Å². The first-order valence-electron chi connectivity index (χ1n) is 0.612. The van der Waals surface area contributed by atoms with E-state index in [4.69, 9.17) is 15.0 Å². The normalized spacial score (nSPS) is 3.43. The third-order valence-corrected chi connectivity index (χ3v) is 0. The van der Waals surface area contributed by atoms with Gasteiger partial charge in [-0.15, -0.1) is 0 Å². The average Bonchev–Trinajstić information content (AvgIpc) is 0.811. The van der Waals surface area contributed by atoms with E-state index in [1.54, 1.807) is 0 Å². The molecule has 6 heteroatoms. The van der Waals surface area contributed by atoms with Crippen LogP contribution in [-0.4, -0.2) is 92.3 Å². The second kappa shape index (κ2) is 15.7. The van der Waals surface area contributed by atoms with Crippen molar-refractivity contribution in [1.29, 1.82) is 0 Å². The van der Waals surface area contributed by atoms with Gasteiger partial charge in [-0.3, -0.25) is 0 Å². The van der Waals surface area contributed by atoms with Crippen molar-refractivity contribution in [3.63, 3.8) is 0 Å². The minimum atomic E-state index is -2.33. The molecular formula is CH2CaLiNaO3. The molecule has 0 saturated heterocycles. The van der Waals surface area contributed by atoms with Gasteiger partial charge in [-0.25, -0.2) is 0 Å². The van der Waals surface area contributed by atoms with Crippen LogP contribution in [0.4, 0.5) is 4.79 Å². The molecule has 28 valence electrons. The van der Waals surface area contributed by atoms with Gasteiger partial charge in [0.2, 0.25) is 0 Å². The molecule has 0 rings (SSSR count). The van der Waals surface area contributed by atoms with E-state index < -0.39 is 6.16 Å². The van der Waals surface area contributed by atoms with Gasteiger partial charge in [-0.05, 0) is 6.16 Å². The maximum atomic E-state index is 8.33. The molecule has 0 amide bonds. The Morgan fingerprint density at radius 3 is 1.29 bits per heavy atom. The van der Waals surface area contributed by atoms with Gasteiger partial charge in [0.15, 0.2) is 0 Å².